The monoisotopic (exact) mass is 416 g/mol. The molecule has 8 heteroatoms. The summed E-state index contributed by atoms with van der Waals surface area (Å²) in [5, 5.41) is 2.78. The van der Waals surface area contributed by atoms with Crippen LogP contribution in [0.25, 0.3) is 0 Å². The lowest BCUT2D eigenvalue weighted by atomic mass is 10.2. The number of benzene rings is 1. The first-order chi connectivity index (χ1) is 10.8. The molecule has 0 unspecified atom stereocenters. The summed E-state index contributed by atoms with van der Waals surface area (Å²) < 4.78 is 27.8. The van der Waals surface area contributed by atoms with Crippen LogP contribution in [0, 0.1) is 0 Å². The van der Waals surface area contributed by atoms with Crippen LogP contribution in [0.2, 0.25) is 0 Å². The first-order valence-corrected chi connectivity index (χ1v) is 10.0. The van der Waals surface area contributed by atoms with Crippen molar-refractivity contribution in [3.8, 4) is 0 Å². The first kappa shape index (κ1) is 18.1. The fraction of sp³-hybridized carbons (Fsp3) is 0.267. The average molecular weight is 417 g/mol. The average Bonchev–Trinajstić information content (AvgIpc) is 2.89. The summed E-state index contributed by atoms with van der Waals surface area (Å²) in [6.45, 7) is 3.89. The van der Waals surface area contributed by atoms with E-state index in [1.807, 2.05) is 12.1 Å². The van der Waals surface area contributed by atoms with Crippen molar-refractivity contribution in [1.82, 2.24) is 10.0 Å². The molecule has 2 rings (SSSR count). The molecule has 1 heterocycles. The van der Waals surface area contributed by atoms with Gasteiger partial charge in [0.1, 0.15) is 0 Å². The summed E-state index contributed by atoms with van der Waals surface area (Å²) in [6, 6.07) is 9.62. The van der Waals surface area contributed by atoms with Crippen LogP contribution < -0.4 is 10.0 Å². The van der Waals surface area contributed by atoms with Crippen LogP contribution >= 0.6 is 27.3 Å². The Morgan fingerprint density at radius 1 is 1.26 bits per heavy atom. The number of sulfonamides is 1. The molecule has 0 saturated carbocycles. The Morgan fingerprint density at radius 2 is 2.00 bits per heavy atom. The number of halogens is 1. The summed E-state index contributed by atoms with van der Waals surface area (Å²) in [5.41, 5.74) is 0.312. The van der Waals surface area contributed by atoms with E-state index in [4.69, 9.17) is 0 Å². The highest BCUT2D eigenvalue weighted by molar-refractivity contribution is 9.11. The van der Waals surface area contributed by atoms with Gasteiger partial charge in [-0.15, -0.1) is 11.3 Å². The van der Waals surface area contributed by atoms with E-state index in [1.54, 1.807) is 26.0 Å². The summed E-state index contributed by atoms with van der Waals surface area (Å²) in [4.78, 5) is 13.3. The number of carbonyl (C=O) groups is 1. The maximum Gasteiger partial charge on any atom is 0.251 e. The zero-order valence-electron chi connectivity index (χ0n) is 12.7. The van der Waals surface area contributed by atoms with Crippen molar-refractivity contribution in [3.63, 3.8) is 0 Å². The van der Waals surface area contributed by atoms with Crippen LogP contribution in [0.1, 0.15) is 29.1 Å². The zero-order chi connectivity index (χ0) is 17.0. The van der Waals surface area contributed by atoms with Crippen molar-refractivity contribution < 1.29 is 13.2 Å². The lowest BCUT2D eigenvalue weighted by molar-refractivity contribution is 0.0951. The van der Waals surface area contributed by atoms with Gasteiger partial charge >= 0.3 is 0 Å². The molecule has 0 bridgehead atoms. The van der Waals surface area contributed by atoms with Crippen LogP contribution in [-0.2, 0) is 16.6 Å². The standard InChI is InChI=1S/C15H17BrN2O3S2/c1-10(2)18-23(20,21)13-5-3-4-11(8-13)15(19)17-9-12-6-7-14(16)22-12/h3-8,10,18H,9H2,1-2H3,(H,17,19). The Morgan fingerprint density at radius 3 is 2.61 bits per heavy atom. The van der Waals surface area contributed by atoms with Crippen molar-refractivity contribution >= 4 is 43.2 Å². The number of thiophene rings is 1. The Labute approximate surface area is 148 Å². The SMILES string of the molecule is CC(C)NS(=O)(=O)c1cccc(C(=O)NCc2ccc(Br)s2)c1. The minimum absolute atomic E-state index is 0.0812. The molecular formula is C15H17BrN2O3S2. The Balaban J connectivity index is 2.11. The minimum atomic E-state index is -3.61. The summed E-state index contributed by atoms with van der Waals surface area (Å²) in [7, 11) is -3.61. The van der Waals surface area contributed by atoms with Crippen LogP contribution in [0.3, 0.4) is 0 Å². The van der Waals surface area contributed by atoms with Gasteiger partial charge in [0.15, 0.2) is 0 Å². The number of carbonyl (C=O) groups excluding carboxylic acids is 1. The van der Waals surface area contributed by atoms with Gasteiger partial charge in [-0.2, -0.15) is 0 Å². The molecule has 1 aromatic carbocycles. The van der Waals surface area contributed by atoms with Gasteiger partial charge in [0.2, 0.25) is 10.0 Å². The van der Waals surface area contributed by atoms with E-state index < -0.39 is 10.0 Å². The second kappa shape index (κ2) is 7.57. The molecule has 0 atom stereocenters. The van der Waals surface area contributed by atoms with E-state index in [2.05, 4.69) is 26.0 Å². The normalized spacial score (nSPS) is 11.7. The second-order valence-electron chi connectivity index (χ2n) is 5.19. The molecule has 0 aliphatic carbocycles. The third kappa shape index (κ3) is 5.13. The molecule has 1 aromatic heterocycles. The van der Waals surface area contributed by atoms with Gasteiger partial charge in [-0.05, 0) is 60.1 Å². The summed E-state index contributed by atoms with van der Waals surface area (Å²) in [5.74, 6) is -0.309. The van der Waals surface area contributed by atoms with Crippen molar-refractivity contribution in [3.05, 3.63) is 50.6 Å². The second-order valence-corrected chi connectivity index (χ2v) is 9.45. The number of hydrogen-bond donors (Lipinski definition) is 2. The van der Waals surface area contributed by atoms with Crippen molar-refractivity contribution in [2.24, 2.45) is 0 Å². The molecule has 0 saturated heterocycles. The van der Waals surface area contributed by atoms with Gasteiger partial charge in [-0.3, -0.25) is 4.79 Å². The summed E-state index contributed by atoms with van der Waals surface area (Å²) >= 11 is 4.90. The largest absolute Gasteiger partial charge is 0.347 e. The van der Waals surface area contributed by atoms with Crippen LogP contribution in [0.4, 0.5) is 0 Å². The maximum atomic E-state index is 12.2. The highest BCUT2D eigenvalue weighted by Gasteiger charge is 2.17. The molecule has 1 amide bonds. The van der Waals surface area contributed by atoms with Crippen molar-refractivity contribution in [1.29, 1.82) is 0 Å². The molecule has 0 radical (unpaired) electrons. The number of amides is 1. The first-order valence-electron chi connectivity index (χ1n) is 6.93. The zero-order valence-corrected chi connectivity index (χ0v) is 15.9. The molecule has 2 N–H and O–H groups in total. The number of nitrogens with one attached hydrogen (secondary N) is 2. The quantitative estimate of drug-likeness (QED) is 0.759. The lowest BCUT2D eigenvalue weighted by Crippen LogP contribution is -2.30. The third-order valence-corrected chi connectivity index (χ3v) is 6.13. The van der Waals surface area contributed by atoms with Crippen LogP contribution in [0.5, 0.6) is 0 Å². The van der Waals surface area contributed by atoms with Gasteiger partial charge in [-0.1, -0.05) is 6.07 Å². The van der Waals surface area contributed by atoms with Crippen LogP contribution in [0.15, 0.2) is 45.1 Å². The molecule has 0 fully saturated rings. The fourth-order valence-corrected chi connectivity index (χ4v) is 4.62. The molecule has 23 heavy (non-hydrogen) atoms. The van der Waals surface area contributed by atoms with Crippen LogP contribution in [-0.4, -0.2) is 20.4 Å². The van der Waals surface area contributed by atoms with Gasteiger partial charge in [0, 0.05) is 16.5 Å². The van der Waals surface area contributed by atoms with Gasteiger partial charge in [0.05, 0.1) is 15.2 Å². The Bertz CT molecular complexity index is 801. The minimum Gasteiger partial charge on any atom is -0.347 e. The van der Waals surface area contributed by atoms with Gasteiger partial charge in [-0.25, -0.2) is 13.1 Å². The molecule has 0 aliphatic heterocycles. The predicted molar refractivity (Wildman–Crippen MR) is 95.1 cm³/mol. The van der Waals surface area contributed by atoms with E-state index >= 15 is 0 Å². The van der Waals surface area contributed by atoms with Crippen molar-refractivity contribution in [2.45, 2.75) is 31.3 Å². The summed E-state index contributed by atoms with van der Waals surface area (Å²) in [6.07, 6.45) is 0. The highest BCUT2D eigenvalue weighted by Crippen LogP contribution is 2.22. The Hall–Kier alpha value is -1.22. The number of hydrogen-bond acceptors (Lipinski definition) is 4. The van der Waals surface area contributed by atoms with E-state index in [-0.39, 0.29) is 16.8 Å². The molecule has 5 nitrogen and oxygen atoms in total. The maximum absolute atomic E-state index is 12.2. The Kier molecular flexibility index (Phi) is 5.96. The van der Waals surface area contributed by atoms with Gasteiger partial charge in [0.25, 0.3) is 5.91 Å². The fourth-order valence-electron chi connectivity index (χ4n) is 1.90. The van der Waals surface area contributed by atoms with E-state index in [0.29, 0.717) is 12.1 Å². The van der Waals surface area contributed by atoms with E-state index in [9.17, 15) is 13.2 Å². The van der Waals surface area contributed by atoms with E-state index in [0.717, 1.165) is 8.66 Å². The molecule has 0 aliphatic rings. The molecule has 2 aromatic rings. The topological polar surface area (TPSA) is 75.3 Å². The van der Waals surface area contributed by atoms with Crippen molar-refractivity contribution in [2.75, 3.05) is 0 Å². The lowest BCUT2D eigenvalue weighted by Gasteiger charge is -2.10. The number of rotatable bonds is 6. The molecule has 124 valence electrons. The predicted octanol–water partition coefficient (Wildman–Crippen LogP) is 3.13. The highest BCUT2D eigenvalue weighted by atomic mass is 79.9. The van der Waals surface area contributed by atoms with Gasteiger partial charge < -0.3 is 5.32 Å². The van der Waals surface area contributed by atoms with E-state index in [1.165, 1.54) is 23.5 Å². The smallest absolute Gasteiger partial charge is 0.251 e. The third-order valence-electron chi connectivity index (χ3n) is 2.85. The molecule has 0 spiro atoms. The molecular weight excluding hydrogens is 400 g/mol.